The molecule has 0 heterocycles. The number of nitrogens with one attached hydrogen (secondary N) is 1. The molecule has 2 aromatic carbocycles. The largest absolute Gasteiger partial charge is 0.504 e. The summed E-state index contributed by atoms with van der Waals surface area (Å²) in [5.74, 6) is -0.0607. The van der Waals surface area contributed by atoms with Gasteiger partial charge in [0, 0.05) is 11.1 Å². The van der Waals surface area contributed by atoms with Crippen LogP contribution in [0.1, 0.15) is 19.4 Å². The Morgan fingerprint density at radius 2 is 1.92 bits per heavy atom. The number of amides is 1. The highest BCUT2D eigenvalue weighted by molar-refractivity contribution is 6.30. The Morgan fingerprint density at radius 3 is 2.58 bits per heavy atom. The SMILES string of the molecule is CC(Cc1ccc(O)c(O)c1)NC(=O)C(C)Oc1cccc(Cl)c1. The lowest BCUT2D eigenvalue weighted by Crippen LogP contribution is -2.42. The summed E-state index contributed by atoms with van der Waals surface area (Å²) in [4.78, 5) is 12.2. The van der Waals surface area contributed by atoms with E-state index in [1.807, 2.05) is 6.92 Å². The molecule has 0 radical (unpaired) electrons. The Bertz CT molecular complexity index is 720. The van der Waals surface area contributed by atoms with E-state index in [1.165, 1.54) is 12.1 Å². The van der Waals surface area contributed by atoms with Gasteiger partial charge in [-0.15, -0.1) is 0 Å². The summed E-state index contributed by atoms with van der Waals surface area (Å²) in [6.07, 6.45) is -0.150. The summed E-state index contributed by atoms with van der Waals surface area (Å²) in [6, 6.07) is 11.3. The van der Waals surface area contributed by atoms with Crippen molar-refractivity contribution in [2.75, 3.05) is 0 Å². The molecule has 2 rings (SSSR count). The predicted octanol–water partition coefficient (Wildman–Crippen LogP) is 3.27. The Morgan fingerprint density at radius 1 is 1.17 bits per heavy atom. The van der Waals surface area contributed by atoms with Gasteiger partial charge in [0.2, 0.25) is 0 Å². The van der Waals surface area contributed by atoms with E-state index >= 15 is 0 Å². The maximum absolute atomic E-state index is 12.2. The van der Waals surface area contributed by atoms with Crippen molar-refractivity contribution in [1.82, 2.24) is 5.32 Å². The zero-order valence-corrected chi connectivity index (χ0v) is 14.2. The summed E-state index contributed by atoms with van der Waals surface area (Å²) in [6.45, 7) is 3.52. The maximum Gasteiger partial charge on any atom is 0.260 e. The first kappa shape index (κ1) is 17.9. The molecular formula is C18H20ClNO4. The first-order chi connectivity index (χ1) is 11.3. The fourth-order valence-corrected chi connectivity index (χ4v) is 2.44. The lowest BCUT2D eigenvalue weighted by molar-refractivity contribution is -0.127. The zero-order chi connectivity index (χ0) is 17.7. The van der Waals surface area contributed by atoms with Crippen molar-refractivity contribution in [3.63, 3.8) is 0 Å². The van der Waals surface area contributed by atoms with Crippen molar-refractivity contribution in [2.45, 2.75) is 32.4 Å². The molecule has 0 spiro atoms. The minimum atomic E-state index is -0.667. The van der Waals surface area contributed by atoms with E-state index < -0.39 is 6.10 Å². The van der Waals surface area contributed by atoms with Gasteiger partial charge in [-0.25, -0.2) is 0 Å². The summed E-state index contributed by atoms with van der Waals surface area (Å²) < 4.78 is 5.57. The number of hydrogen-bond donors (Lipinski definition) is 3. The minimum Gasteiger partial charge on any atom is -0.504 e. The topological polar surface area (TPSA) is 78.8 Å². The molecule has 2 atom stereocenters. The lowest BCUT2D eigenvalue weighted by Gasteiger charge is -2.19. The van der Waals surface area contributed by atoms with E-state index in [-0.39, 0.29) is 23.4 Å². The van der Waals surface area contributed by atoms with Crippen LogP contribution in [0.15, 0.2) is 42.5 Å². The zero-order valence-electron chi connectivity index (χ0n) is 13.5. The number of carbonyl (C=O) groups is 1. The van der Waals surface area contributed by atoms with Gasteiger partial charge in [0.05, 0.1) is 0 Å². The van der Waals surface area contributed by atoms with E-state index in [1.54, 1.807) is 37.3 Å². The van der Waals surface area contributed by atoms with Gasteiger partial charge in [0.25, 0.3) is 5.91 Å². The second-order valence-electron chi connectivity index (χ2n) is 5.65. The van der Waals surface area contributed by atoms with Crippen LogP contribution in [-0.2, 0) is 11.2 Å². The molecule has 24 heavy (non-hydrogen) atoms. The third-order valence-corrected chi connectivity index (χ3v) is 3.68. The van der Waals surface area contributed by atoms with Gasteiger partial charge in [-0.05, 0) is 56.2 Å². The number of aromatic hydroxyl groups is 2. The van der Waals surface area contributed by atoms with Crippen LogP contribution in [0.3, 0.4) is 0 Å². The van der Waals surface area contributed by atoms with E-state index in [0.717, 1.165) is 5.56 Å². The molecule has 1 amide bonds. The highest BCUT2D eigenvalue weighted by atomic mass is 35.5. The van der Waals surface area contributed by atoms with E-state index in [4.69, 9.17) is 16.3 Å². The average molecular weight is 350 g/mol. The first-order valence-electron chi connectivity index (χ1n) is 7.58. The smallest absolute Gasteiger partial charge is 0.260 e. The number of phenolic OH excluding ortho intramolecular Hbond substituents is 2. The maximum atomic E-state index is 12.2. The molecule has 0 aliphatic rings. The highest BCUT2D eigenvalue weighted by Gasteiger charge is 2.17. The summed E-state index contributed by atoms with van der Waals surface area (Å²) >= 11 is 5.89. The van der Waals surface area contributed by atoms with Crippen LogP contribution in [0.4, 0.5) is 0 Å². The molecule has 5 nitrogen and oxygen atoms in total. The molecule has 0 saturated heterocycles. The predicted molar refractivity (Wildman–Crippen MR) is 92.6 cm³/mol. The normalized spacial score (nSPS) is 13.1. The van der Waals surface area contributed by atoms with Crippen LogP contribution in [0.2, 0.25) is 5.02 Å². The summed E-state index contributed by atoms with van der Waals surface area (Å²) in [7, 11) is 0. The van der Waals surface area contributed by atoms with Crippen molar-refractivity contribution >= 4 is 17.5 Å². The lowest BCUT2D eigenvalue weighted by atomic mass is 10.1. The third kappa shape index (κ3) is 5.06. The Labute approximate surface area is 145 Å². The molecule has 0 saturated carbocycles. The van der Waals surface area contributed by atoms with Gasteiger partial charge < -0.3 is 20.3 Å². The molecule has 0 aliphatic heterocycles. The molecule has 0 bridgehead atoms. The molecule has 0 aliphatic carbocycles. The summed E-state index contributed by atoms with van der Waals surface area (Å²) in [5, 5.41) is 22.2. The van der Waals surface area contributed by atoms with Gasteiger partial charge in [-0.1, -0.05) is 23.7 Å². The Kier molecular flexibility index (Phi) is 5.93. The molecule has 2 aromatic rings. The third-order valence-electron chi connectivity index (χ3n) is 3.45. The van der Waals surface area contributed by atoms with Gasteiger partial charge in [-0.2, -0.15) is 0 Å². The van der Waals surface area contributed by atoms with Crippen LogP contribution >= 0.6 is 11.6 Å². The Balaban J connectivity index is 1.89. The van der Waals surface area contributed by atoms with Crippen LogP contribution in [-0.4, -0.2) is 28.3 Å². The van der Waals surface area contributed by atoms with Crippen molar-refractivity contribution in [2.24, 2.45) is 0 Å². The van der Waals surface area contributed by atoms with Crippen LogP contribution < -0.4 is 10.1 Å². The fraction of sp³-hybridized carbons (Fsp3) is 0.278. The van der Waals surface area contributed by atoms with E-state index in [9.17, 15) is 15.0 Å². The van der Waals surface area contributed by atoms with Gasteiger partial charge in [0.15, 0.2) is 17.6 Å². The van der Waals surface area contributed by atoms with Gasteiger partial charge >= 0.3 is 0 Å². The van der Waals surface area contributed by atoms with Crippen LogP contribution in [0.5, 0.6) is 17.2 Å². The molecule has 128 valence electrons. The number of benzene rings is 2. The van der Waals surface area contributed by atoms with Crippen molar-refractivity contribution in [3.8, 4) is 17.2 Å². The number of phenols is 2. The number of halogens is 1. The monoisotopic (exact) mass is 349 g/mol. The molecular weight excluding hydrogens is 330 g/mol. The number of rotatable bonds is 6. The number of hydrogen-bond acceptors (Lipinski definition) is 4. The second kappa shape index (κ2) is 7.93. The molecule has 0 fully saturated rings. The summed E-state index contributed by atoms with van der Waals surface area (Å²) in [5.41, 5.74) is 0.807. The van der Waals surface area contributed by atoms with Crippen molar-refractivity contribution < 1.29 is 19.7 Å². The molecule has 3 N–H and O–H groups in total. The van der Waals surface area contributed by atoms with Gasteiger partial charge in [-0.3, -0.25) is 4.79 Å². The first-order valence-corrected chi connectivity index (χ1v) is 7.96. The molecule has 0 aromatic heterocycles. The van der Waals surface area contributed by atoms with Crippen LogP contribution in [0.25, 0.3) is 0 Å². The standard InChI is InChI=1S/C18H20ClNO4/c1-11(8-13-6-7-16(21)17(22)9-13)20-18(23)12(2)24-15-5-3-4-14(19)10-15/h3-7,9-12,21-22H,8H2,1-2H3,(H,20,23). The van der Waals surface area contributed by atoms with Gasteiger partial charge in [0.1, 0.15) is 5.75 Å². The second-order valence-corrected chi connectivity index (χ2v) is 6.09. The molecule has 6 heteroatoms. The quantitative estimate of drug-likeness (QED) is 0.699. The number of carbonyl (C=O) groups excluding carboxylic acids is 1. The minimum absolute atomic E-state index is 0.160. The molecule has 2 unspecified atom stereocenters. The average Bonchev–Trinajstić information content (AvgIpc) is 2.50. The number of ether oxygens (including phenoxy) is 1. The van der Waals surface area contributed by atoms with Crippen LogP contribution in [0, 0.1) is 0 Å². The highest BCUT2D eigenvalue weighted by Crippen LogP contribution is 2.25. The van der Waals surface area contributed by atoms with Crippen molar-refractivity contribution in [3.05, 3.63) is 53.1 Å². The van der Waals surface area contributed by atoms with E-state index in [2.05, 4.69) is 5.32 Å². The fourth-order valence-electron chi connectivity index (χ4n) is 2.26. The Hall–Kier alpha value is -2.40. The van der Waals surface area contributed by atoms with E-state index in [0.29, 0.717) is 17.2 Å². The van der Waals surface area contributed by atoms with Crippen molar-refractivity contribution in [1.29, 1.82) is 0 Å².